The maximum absolute atomic E-state index is 12.6. The smallest absolute Gasteiger partial charge is 0.255 e. The summed E-state index contributed by atoms with van der Waals surface area (Å²) in [6, 6.07) is 9.78. The molecule has 0 bridgehead atoms. The second-order valence-electron chi connectivity index (χ2n) is 5.76. The summed E-state index contributed by atoms with van der Waals surface area (Å²) in [7, 11) is 0. The lowest BCUT2D eigenvalue weighted by Gasteiger charge is -2.28. The molecular weight excluding hydrogens is 330 g/mol. The molecule has 5 heteroatoms. The molecule has 21 heavy (non-hydrogen) atoms. The first-order valence-electron chi connectivity index (χ1n) is 7.33. The molecule has 1 amide bonds. The summed E-state index contributed by atoms with van der Waals surface area (Å²) in [4.78, 5) is 14.6. The lowest BCUT2D eigenvalue weighted by Crippen LogP contribution is -2.38. The maximum Gasteiger partial charge on any atom is 0.255 e. The van der Waals surface area contributed by atoms with Crippen LogP contribution in [0.1, 0.15) is 40.5 Å². The van der Waals surface area contributed by atoms with Crippen LogP contribution in [0.15, 0.2) is 34.8 Å². The van der Waals surface area contributed by atoms with Crippen LogP contribution in [0.4, 0.5) is 0 Å². The molecule has 4 nitrogen and oxygen atoms in total. The Hall–Kier alpha value is -1.62. The minimum Gasteiger partial charge on any atom is -0.331 e. The summed E-state index contributed by atoms with van der Waals surface area (Å²) < 4.78 is 2.92. The number of nitrogens with zero attached hydrogens (tertiary/aromatic N) is 3. The van der Waals surface area contributed by atoms with Crippen molar-refractivity contribution in [2.45, 2.75) is 31.8 Å². The van der Waals surface area contributed by atoms with E-state index in [9.17, 15) is 4.79 Å². The Morgan fingerprint density at radius 1 is 1.24 bits per heavy atom. The molecule has 0 spiro atoms. The normalized spacial score (nSPS) is 17.7. The molecule has 0 saturated heterocycles. The van der Waals surface area contributed by atoms with E-state index in [1.54, 1.807) is 0 Å². The molecule has 1 fully saturated rings. The van der Waals surface area contributed by atoms with Gasteiger partial charge in [-0.15, -0.1) is 0 Å². The largest absolute Gasteiger partial charge is 0.331 e. The van der Waals surface area contributed by atoms with Gasteiger partial charge in [0.2, 0.25) is 0 Å². The van der Waals surface area contributed by atoms with Crippen LogP contribution in [0, 0.1) is 0 Å². The molecule has 0 unspecified atom stereocenters. The van der Waals surface area contributed by atoms with Gasteiger partial charge in [-0.2, -0.15) is 5.10 Å². The van der Waals surface area contributed by atoms with Gasteiger partial charge in [0, 0.05) is 16.9 Å². The molecule has 0 radical (unpaired) electrons. The fraction of sp³-hybridized carbons (Fsp3) is 0.375. The molecular formula is C16H16BrN3O. The Balaban J connectivity index is 1.57. The lowest BCUT2D eigenvalue weighted by atomic mass is 10.1. The van der Waals surface area contributed by atoms with Crippen LogP contribution >= 0.6 is 15.9 Å². The van der Waals surface area contributed by atoms with Gasteiger partial charge in [-0.05, 0) is 47.0 Å². The molecule has 1 aromatic heterocycles. The zero-order valence-corrected chi connectivity index (χ0v) is 13.2. The molecule has 4 rings (SSSR count). The molecule has 2 aliphatic rings. The number of hydrogen-bond acceptors (Lipinski definition) is 2. The molecule has 1 saturated carbocycles. The van der Waals surface area contributed by atoms with E-state index in [0.717, 1.165) is 28.8 Å². The van der Waals surface area contributed by atoms with Gasteiger partial charge < -0.3 is 4.90 Å². The molecule has 0 atom stereocenters. The van der Waals surface area contributed by atoms with Crippen molar-refractivity contribution in [1.82, 2.24) is 14.7 Å². The summed E-state index contributed by atoms with van der Waals surface area (Å²) in [6.07, 6.45) is 2.52. The van der Waals surface area contributed by atoms with Crippen molar-refractivity contribution in [1.29, 1.82) is 0 Å². The Bertz CT molecular complexity index is 705. The average molecular weight is 346 g/mol. The van der Waals surface area contributed by atoms with Gasteiger partial charge in [-0.1, -0.05) is 12.1 Å². The SMILES string of the molecule is O=C(c1ccccc1Br)N1CCn2nc(C3CC3)cc2C1. The molecule has 1 aliphatic heterocycles. The van der Waals surface area contributed by atoms with Crippen LogP contribution in [0.2, 0.25) is 0 Å². The quantitative estimate of drug-likeness (QED) is 0.838. The molecule has 108 valence electrons. The van der Waals surface area contributed by atoms with E-state index in [1.807, 2.05) is 29.2 Å². The van der Waals surface area contributed by atoms with Gasteiger partial charge in [-0.25, -0.2) is 0 Å². The predicted octanol–water partition coefficient (Wildman–Crippen LogP) is 3.18. The summed E-state index contributed by atoms with van der Waals surface area (Å²) >= 11 is 3.46. The molecule has 1 aromatic carbocycles. The number of carbonyl (C=O) groups excluding carboxylic acids is 1. The summed E-state index contributed by atoms with van der Waals surface area (Å²) in [5.41, 5.74) is 3.09. The van der Waals surface area contributed by atoms with E-state index < -0.39 is 0 Å². The topological polar surface area (TPSA) is 38.1 Å². The minimum atomic E-state index is 0.0860. The van der Waals surface area contributed by atoms with Crippen molar-refractivity contribution in [3.8, 4) is 0 Å². The number of fused-ring (bicyclic) bond motifs is 1. The highest BCUT2D eigenvalue weighted by molar-refractivity contribution is 9.10. The third kappa shape index (κ3) is 2.39. The van der Waals surface area contributed by atoms with Crippen LogP contribution in [0.25, 0.3) is 0 Å². The Morgan fingerprint density at radius 2 is 2.05 bits per heavy atom. The summed E-state index contributed by atoms with van der Waals surface area (Å²) in [5.74, 6) is 0.749. The number of halogens is 1. The van der Waals surface area contributed by atoms with Crippen LogP contribution < -0.4 is 0 Å². The van der Waals surface area contributed by atoms with Gasteiger partial charge in [0.05, 0.1) is 30.0 Å². The highest BCUT2D eigenvalue weighted by Crippen LogP contribution is 2.39. The number of amides is 1. The predicted molar refractivity (Wildman–Crippen MR) is 83.1 cm³/mol. The maximum atomic E-state index is 12.6. The zero-order valence-electron chi connectivity index (χ0n) is 11.6. The molecule has 2 aromatic rings. The van der Waals surface area contributed by atoms with Gasteiger partial charge >= 0.3 is 0 Å². The van der Waals surface area contributed by atoms with Gasteiger partial charge in [0.25, 0.3) is 5.91 Å². The third-order valence-corrected chi connectivity index (χ3v) is 4.90. The monoisotopic (exact) mass is 345 g/mol. The number of benzene rings is 1. The van der Waals surface area contributed by atoms with Crippen molar-refractivity contribution in [3.63, 3.8) is 0 Å². The van der Waals surface area contributed by atoms with Gasteiger partial charge in [0.1, 0.15) is 0 Å². The second-order valence-corrected chi connectivity index (χ2v) is 6.62. The molecule has 0 N–H and O–H groups in total. The number of hydrogen-bond donors (Lipinski definition) is 0. The Kier molecular flexibility index (Phi) is 3.10. The van der Waals surface area contributed by atoms with Crippen molar-refractivity contribution in [3.05, 3.63) is 51.8 Å². The van der Waals surface area contributed by atoms with E-state index in [1.165, 1.54) is 18.5 Å². The van der Waals surface area contributed by atoms with Crippen LogP contribution in [0.3, 0.4) is 0 Å². The van der Waals surface area contributed by atoms with Crippen molar-refractivity contribution in [2.75, 3.05) is 6.54 Å². The van der Waals surface area contributed by atoms with Crippen molar-refractivity contribution in [2.24, 2.45) is 0 Å². The van der Waals surface area contributed by atoms with Gasteiger partial charge in [-0.3, -0.25) is 9.48 Å². The molecule has 1 aliphatic carbocycles. The third-order valence-electron chi connectivity index (χ3n) is 4.20. The van der Waals surface area contributed by atoms with Gasteiger partial charge in [0.15, 0.2) is 0 Å². The summed E-state index contributed by atoms with van der Waals surface area (Å²) in [6.45, 7) is 2.16. The first kappa shape index (κ1) is 13.1. The van der Waals surface area contributed by atoms with E-state index in [-0.39, 0.29) is 5.91 Å². The van der Waals surface area contributed by atoms with Crippen molar-refractivity contribution < 1.29 is 4.79 Å². The second kappa shape index (κ2) is 4.98. The first-order valence-corrected chi connectivity index (χ1v) is 8.12. The fourth-order valence-electron chi connectivity index (χ4n) is 2.85. The van der Waals surface area contributed by atoms with Crippen LogP contribution in [-0.2, 0) is 13.1 Å². The van der Waals surface area contributed by atoms with E-state index in [0.29, 0.717) is 12.5 Å². The molecule has 2 heterocycles. The lowest BCUT2D eigenvalue weighted by molar-refractivity contribution is 0.0705. The highest BCUT2D eigenvalue weighted by Gasteiger charge is 2.30. The standard InChI is InChI=1S/C16H16BrN3O/c17-14-4-2-1-3-13(14)16(21)19-7-8-20-12(10-19)9-15(18-20)11-5-6-11/h1-4,9,11H,5-8,10H2. The van der Waals surface area contributed by atoms with E-state index >= 15 is 0 Å². The average Bonchev–Trinajstić information content (AvgIpc) is 3.26. The van der Waals surface area contributed by atoms with Crippen LogP contribution in [-0.4, -0.2) is 27.1 Å². The highest BCUT2D eigenvalue weighted by atomic mass is 79.9. The van der Waals surface area contributed by atoms with E-state index in [4.69, 9.17) is 0 Å². The Morgan fingerprint density at radius 3 is 2.81 bits per heavy atom. The number of aromatic nitrogens is 2. The number of rotatable bonds is 2. The first-order chi connectivity index (χ1) is 10.2. The zero-order chi connectivity index (χ0) is 14.4. The minimum absolute atomic E-state index is 0.0860. The number of carbonyl (C=O) groups is 1. The fourth-order valence-corrected chi connectivity index (χ4v) is 3.30. The van der Waals surface area contributed by atoms with E-state index in [2.05, 4.69) is 31.8 Å². The van der Waals surface area contributed by atoms with Crippen molar-refractivity contribution >= 4 is 21.8 Å². The van der Waals surface area contributed by atoms with Crippen LogP contribution in [0.5, 0.6) is 0 Å². The summed E-state index contributed by atoms with van der Waals surface area (Å²) in [5, 5.41) is 4.67. The Labute approximate surface area is 131 Å².